The number of nitrogens with zero attached hydrogens (tertiary/aromatic N) is 2. The van der Waals surface area contributed by atoms with Crippen molar-refractivity contribution in [3.63, 3.8) is 0 Å². The number of benzene rings is 2. The van der Waals surface area contributed by atoms with Gasteiger partial charge in [0.15, 0.2) is 5.16 Å². The number of fused-ring (bicyclic) bond motifs is 1. The molecule has 2 aromatic carbocycles. The Morgan fingerprint density at radius 3 is 2.22 bits per heavy atom. The minimum Gasteiger partial charge on any atom is -0.332 e. The molecule has 10 heteroatoms. The van der Waals surface area contributed by atoms with E-state index in [9.17, 15) is 10.1 Å². The Hall–Kier alpha value is -0.420. The van der Waals surface area contributed by atoms with E-state index in [1.165, 1.54) is 23.9 Å². The monoisotopic (exact) mass is 583 g/mol. The van der Waals surface area contributed by atoms with E-state index in [0.717, 1.165) is 33.8 Å². The second-order valence-corrected chi connectivity index (χ2v) is 8.61. The van der Waals surface area contributed by atoms with Gasteiger partial charge < -0.3 is 4.98 Å². The number of imidazole rings is 1. The zero-order chi connectivity index (χ0) is 16.7. The number of aromatic nitrogens is 2. The first kappa shape index (κ1) is 17.4. The second kappa shape index (κ2) is 6.83. The van der Waals surface area contributed by atoms with Crippen molar-refractivity contribution >= 4 is 92.2 Å². The van der Waals surface area contributed by atoms with E-state index in [-0.39, 0.29) is 5.69 Å². The number of hydrogen-bond donors (Lipinski definition) is 1. The highest BCUT2D eigenvalue weighted by Crippen LogP contribution is 2.43. The molecule has 0 atom stereocenters. The number of hydrogen-bond acceptors (Lipinski definition) is 4. The second-order valence-electron chi connectivity index (χ2n) is 4.37. The predicted molar refractivity (Wildman–Crippen MR) is 104 cm³/mol. The van der Waals surface area contributed by atoms with Gasteiger partial charge in [0.1, 0.15) is 5.52 Å². The molecule has 23 heavy (non-hydrogen) atoms. The smallest absolute Gasteiger partial charge is 0.269 e. The Bertz CT molecular complexity index is 882. The largest absolute Gasteiger partial charge is 0.332 e. The van der Waals surface area contributed by atoms with Crippen molar-refractivity contribution in [1.82, 2.24) is 9.97 Å². The van der Waals surface area contributed by atoms with Gasteiger partial charge in [0.05, 0.1) is 19.4 Å². The molecule has 1 aromatic heterocycles. The Kier molecular flexibility index (Phi) is 5.17. The molecule has 0 radical (unpaired) electrons. The van der Waals surface area contributed by atoms with Crippen LogP contribution in [0.15, 0.2) is 52.2 Å². The third kappa shape index (κ3) is 3.37. The summed E-state index contributed by atoms with van der Waals surface area (Å²) >= 11 is 15.5. The number of halogens is 4. The summed E-state index contributed by atoms with van der Waals surface area (Å²) in [6.07, 6.45) is 0. The highest BCUT2D eigenvalue weighted by atomic mass is 79.9. The highest BCUT2D eigenvalue weighted by molar-refractivity contribution is 9.15. The molecule has 1 N–H and O–H groups in total. The first-order valence-electron chi connectivity index (χ1n) is 6.02. The van der Waals surface area contributed by atoms with Gasteiger partial charge in [-0.3, -0.25) is 10.1 Å². The minimum absolute atomic E-state index is 0.0670. The Morgan fingerprint density at radius 2 is 1.61 bits per heavy atom. The fourth-order valence-corrected chi connectivity index (χ4v) is 4.94. The van der Waals surface area contributed by atoms with Crippen LogP contribution in [0.25, 0.3) is 11.0 Å². The number of nitro groups is 1. The number of rotatable bonds is 3. The van der Waals surface area contributed by atoms with E-state index < -0.39 is 4.92 Å². The Labute approximate surface area is 168 Å². The Morgan fingerprint density at radius 1 is 1.00 bits per heavy atom. The molecule has 0 aliphatic rings. The van der Waals surface area contributed by atoms with Crippen LogP contribution >= 0.6 is 75.5 Å². The fraction of sp³-hybridized carbons (Fsp3) is 0. The number of nitrogens with one attached hydrogen (secondary N) is 1. The molecule has 3 aromatic rings. The summed E-state index contributed by atoms with van der Waals surface area (Å²) in [6.45, 7) is 0. The molecule has 0 fully saturated rings. The van der Waals surface area contributed by atoms with E-state index in [1.54, 1.807) is 12.1 Å². The molecule has 1 heterocycles. The zero-order valence-corrected chi connectivity index (χ0v) is 18.1. The number of H-pyrrole nitrogens is 1. The SMILES string of the molecule is O=[N+]([O-])c1ccc(Sc2nc3c(Br)c(Br)c(Br)c(Br)c3[nH]2)cc1. The predicted octanol–water partition coefficient (Wildman–Crippen LogP) is 6.67. The highest BCUT2D eigenvalue weighted by Gasteiger charge is 2.17. The summed E-state index contributed by atoms with van der Waals surface area (Å²) in [5.74, 6) is 0. The molecule has 0 aliphatic heterocycles. The quantitative estimate of drug-likeness (QED) is 0.161. The number of nitro benzene ring substituents is 1. The van der Waals surface area contributed by atoms with Crippen molar-refractivity contribution in [2.75, 3.05) is 0 Å². The lowest BCUT2D eigenvalue weighted by molar-refractivity contribution is -0.384. The van der Waals surface area contributed by atoms with Gasteiger partial charge in [-0.15, -0.1) is 0 Å². The molecule has 0 bridgehead atoms. The van der Waals surface area contributed by atoms with Crippen molar-refractivity contribution < 1.29 is 4.92 Å². The average Bonchev–Trinajstić information content (AvgIpc) is 2.95. The van der Waals surface area contributed by atoms with Crippen molar-refractivity contribution in [3.05, 3.63) is 52.3 Å². The van der Waals surface area contributed by atoms with Gasteiger partial charge in [-0.1, -0.05) is 11.8 Å². The van der Waals surface area contributed by atoms with Gasteiger partial charge in [-0.25, -0.2) is 4.98 Å². The van der Waals surface area contributed by atoms with Gasteiger partial charge in [0, 0.05) is 26.0 Å². The first-order chi connectivity index (χ1) is 10.9. The molecule has 0 aliphatic carbocycles. The molecule has 0 spiro atoms. The summed E-state index contributed by atoms with van der Waals surface area (Å²) in [7, 11) is 0. The first-order valence-corrected chi connectivity index (χ1v) is 10.0. The number of aromatic amines is 1. The standard InChI is InChI=1S/C13H5Br4N3O2S/c14-7-8(15)10(17)12-11(9(7)16)18-13(19-12)23-6-3-1-5(2-4-6)20(21)22/h1-4H,(H,18,19). The van der Waals surface area contributed by atoms with E-state index in [0.29, 0.717) is 5.16 Å². The van der Waals surface area contributed by atoms with E-state index in [2.05, 4.69) is 73.7 Å². The molecule has 0 unspecified atom stereocenters. The van der Waals surface area contributed by atoms with E-state index in [1.807, 2.05) is 0 Å². The van der Waals surface area contributed by atoms with Gasteiger partial charge >= 0.3 is 0 Å². The van der Waals surface area contributed by atoms with Crippen molar-refractivity contribution in [2.24, 2.45) is 0 Å². The van der Waals surface area contributed by atoms with Gasteiger partial charge in [-0.05, 0) is 75.9 Å². The topological polar surface area (TPSA) is 71.8 Å². The maximum Gasteiger partial charge on any atom is 0.269 e. The maximum atomic E-state index is 10.7. The lowest BCUT2D eigenvalue weighted by Crippen LogP contribution is -1.86. The lowest BCUT2D eigenvalue weighted by Gasteiger charge is -2.03. The van der Waals surface area contributed by atoms with Crippen molar-refractivity contribution in [2.45, 2.75) is 10.1 Å². The van der Waals surface area contributed by atoms with Crippen LogP contribution in [-0.4, -0.2) is 14.9 Å². The third-order valence-electron chi connectivity index (χ3n) is 2.95. The van der Waals surface area contributed by atoms with Crippen LogP contribution in [0, 0.1) is 10.1 Å². The molecule has 118 valence electrons. The molecule has 0 saturated carbocycles. The Balaban J connectivity index is 1.99. The van der Waals surface area contributed by atoms with Crippen molar-refractivity contribution in [1.29, 1.82) is 0 Å². The van der Waals surface area contributed by atoms with Crippen LogP contribution < -0.4 is 0 Å². The van der Waals surface area contributed by atoms with E-state index in [4.69, 9.17) is 0 Å². The lowest BCUT2D eigenvalue weighted by atomic mass is 10.3. The zero-order valence-electron chi connectivity index (χ0n) is 10.9. The van der Waals surface area contributed by atoms with E-state index >= 15 is 0 Å². The van der Waals surface area contributed by atoms with Crippen LogP contribution in [0.2, 0.25) is 0 Å². The third-order valence-corrected chi connectivity index (χ3v) is 8.59. The summed E-state index contributed by atoms with van der Waals surface area (Å²) in [5, 5.41) is 11.4. The minimum atomic E-state index is -0.418. The molecule has 5 nitrogen and oxygen atoms in total. The van der Waals surface area contributed by atoms with Crippen LogP contribution in [0.5, 0.6) is 0 Å². The van der Waals surface area contributed by atoms with Gasteiger partial charge in [0.2, 0.25) is 0 Å². The molecule has 0 amide bonds. The van der Waals surface area contributed by atoms with Crippen LogP contribution in [0.4, 0.5) is 5.69 Å². The fourth-order valence-electron chi connectivity index (χ4n) is 1.87. The molecular weight excluding hydrogens is 582 g/mol. The summed E-state index contributed by atoms with van der Waals surface area (Å²) < 4.78 is 3.46. The average molecular weight is 587 g/mol. The van der Waals surface area contributed by atoms with Crippen LogP contribution in [0.3, 0.4) is 0 Å². The van der Waals surface area contributed by atoms with Gasteiger partial charge in [-0.2, -0.15) is 0 Å². The summed E-state index contributed by atoms with van der Waals surface area (Å²) in [5.41, 5.74) is 1.71. The summed E-state index contributed by atoms with van der Waals surface area (Å²) in [4.78, 5) is 19.0. The number of non-ortho nitro benzene ring substituents is 1. The maximum absolute atomic E-state index is 10.7. The van der Waals surface area contributed by atoms with Crippen LogP contribution in [-0.2, 0) is 0 Å². The van der Waals surface area contributed by atoms with Crippen LogP contribution in [0.1, 0.15) is 0 Å². The molecular formula is C13H5Br4N3O2S. The summed E-state index contributed by atoms with van der Waals surface area (Å²) in [6, 6.07) is 6.35. The normalized spacial score (nSPS) is 11.1. The van der Waals surface area contributed by atoms with Gasteiger partial charge in [0.25, 0.3) is 5.69 Å². The molecule has 3 rings (SSSR count). The molecule has 0 saturated heterocycles. The van der Waals surface area contributed by atoms with Crippen molar-refractivity contribution in [3.8, 4) is 0 Å².